The average molecular weight is 486 g/mol. The van der Waals surface area contributed by atoms with E-state index in [1.54, 1.807) is 18.9 Å². The number of rotatable bonds is 5. The first-order valence-corrected chi connectivity index (χ1v) is 12.1. The minimum atomic E-state index is -0.333. The number of nitrogens with zero attached hydrogens (tertiary/aromatic N) is 4. The molecule has 3 heterocycles. The standard InChI is InChI=1S/C27H27N5O4/c1-35-18-11-7-16(8-12-18)22-15-23(17-9-13-19(36-2)14-10-17)32-26(28-22)29-27(30-32)31-24(33)20-5-3-4-6-21(20)25(31)34/h3-4,7-14,20-23H,5-6,15H2,1-2H3,(H,28,29,30). The molecule has 0 bridgehead atoms. The lowest BCUT2D eigenvalue weighted by Crippen LogP contribution is -2.32. The molecule has 2 aliphatic heterocycles. The molecule has 4 unspecified atom stereocenters. The monoisotopic (exact) mass is 485 g/mol. The second-order valence-corrected chi connectivity index (χ2v) is 9.34. The number of amides is 2. The van der Waals surface area contributed by atoms with Gasteiger partial charge in [-0.3, -0.25) is 9.59 Å². The maximum absolute atomic E-state index is 13.2. The van der Waals surface area contributed by atoms with E-state index in [4.69, 9.17) is 14.6 Å². The summed E-state index contributed by atoms with van der Waals surface area (Å²) in [5.74, 6) is 1.11. The number of methoxy groups -OCH3 is 2. The fourth-order valence-corrected chi connectivity index (χ4v) is 5.42. The van der Waals surface area contributed by atoms with Gasteiger partial charge in [0, 0.05) is 0 Å². The zero-order valence-electron chi connectivity index (χ0n) is 20.1. The molecule has 1 aliphatic carbocycles. The summed E-state index contributed by atoms with van der Waals surface area (Å²) >= 11 is 0. The Bertz CT molecular complexity index is 1310. The Kier molecular flexibility index (Phi) is 5.47. The number of aromatic nitrogens is 3. The highest BCUT2D eigenvalue weighted by Gasteiger charge is 2.50. The Morgan fingerprint density at radius 2 is 1.39 bits per heavy atom. The number of hydrogen-bond acceptors (Lipinski definition) is 7. The van der Waals surface area contributed by atoms with Gasteiger partial charge < -0.3 is 14.8 Å². The second-order valence-electron chi connectivity index (χ2n) is 9.34. The van der Waals surface area contributed by atoms with Gasteiger partial charge in [0.2, 0.25) is 17.8 Å². The van der Waals surface area contributed by atoms with Crippen molar-refractivity contribution in [2.45, 2.75) is 31.3 Å². The summed E-state index contributed by atoms with van der Waals surface area (Å²) in [5, 5.41) is 8.17. The van der Waals surface area contributed by atoms with E-state index in [0.29, 0.717) is 25.2 Å². The van der Waals surface area contributed by atoms with Crippen molar-refractivity contribution < 1.29 is 19.1 Å². The molecule has 6 rings (SSSR count). The second kappa shape index (κ2) is 8.82. The van der Waals surface area contributed by atoms with Crippen molar-refractivity contribution >= 4 is 23.7 Å². The molecule has 3 aromatic rings. The molecule has 1 aromatic heterocycles. The van der Waals surface area contributed by atoms with E-state index in [0.717, 1.165) is 22.6 Å². The number of nitrogens with one attached hydrogen (secondary N) is 1. The molecule has 9 nitrogen and oxygen atoms in total. The van der Waals surface area contributed by atoms with Crippen molar-refractivity contribution in [1.29, 1.82) is 0 Å². The molecule has 4 atom stereocenters. The van der Waals surface area contributed by atoms with Gasteiger partial charge in [-0.05, 0) is 54.7 Å². The van der Waals surface area contributed by atoms with Gasteiger partial charge in [0.05, 0.1) is 38.1 Å². The zero-order chi connectivity index (χ0) is 24.8. The van der Waals surface area contributed by atoms with Crippen LogP contribution in [0.2, 0.25) is 0 Å². The summed E-state index contributed by atoms with van der Waals surface area (Å²) in [6, 6.07) is 15.6. The number of benzene rings is 2. The van der Waals surface area contributed by atoms with Gasteiger partial charge in [-0.15, -0.1) is 5.10 Å². The minimum Gasteiger partial charge on any atom is -0.497 e. The molecular weight excluding hydrogens is 458 g/mol. The molecule has 1 fully saturated rings. The average Bonchev–Trinajstić information content (AvgIpc) is 3.46. The molecule has 184 valence electrons. The highest BCUT2D eigenvalue weighted by molar-refractivity contribution is 6.21. The Morgan fingerprint density at radius 1 is 0.833 bits per heavy atom. The van der Waals surface area contributed by atoms with E-state index in [2.05, 4.69) is 10.3 Å². The molecule has 0 spiro atoms. The third-order valence-electron chi connectivity index (χ3n) is 7.40. The van der Waals surface area contributed by atoms with Crippen molar-refractivity contribution in [3.8, 4) is 11.5 Å². The van der Waals surface area contributed by atoms with E-state index in [9.17, 15) is 9.59 Å². The van der Waals surface area contributed by atoms with Crippen LogP contribution in [0.15, 0.2) is 60.7 Å². The van der Waals surface area contributed by atoms with E-state index in [1.165, 1.54) is 4.90 Å². The van der Waals surface area contributed by atoms with Crippen LogP contribution in [0, 0.1) is 11.8 Å². The number of imide groups is 1. The fraction of sp³-hybridized carbons (Fsp3) is 0.333. The van der Waals surface area contributed by atoms with Crippen LogP contribution in [0.25, 0.3) is 0 Å². The smallest absolute Gasteiger partial charge is 0.260 e. The van der Waals surface area contributed by atoms with Crippen molar-refractivity contribution in [2.75, 3.05) is 24.4 Å². The fourth-order valence-electron chi connectivity index (χ4n) is 5.42. The van der Waals surface area contributed by atoms with Crippen molar-refractivity contribution in [3.05, 3.63) is 71.8 Å². The number of anilines is 2. The van der Waals surface area contributed by atoms with Crippen molar-refractivity contribution in [2.24, 2.45) is 11.8 Å². The number of hydrogen-bond donors (Lipinski definition) is 1. The summed E-state index contributed by atoms with van der Waals surface area (Å²) in [5.41, 5.74) is 2.11. The van der Waals surface area contributed by atoms with Gasteiger partial charge in [-0.2, -0.15) is 4.98 Å². The van der Waals surface area contributed by atoms with Crippen LogP contribution in [-0.4, -0.2) is 40.8 Å². The van der Waals surface area contributed by atoms with Gasteiger partial charge in [0.25, 0.3) is 5.95 Å². The lowest BCUT2D eigenvalue weighted by atomic mass is 9.85. The SMILES string of the molecule is COc1ccc(C2CC(c3ccc(OC)cc3)n3nc(N4C(=O)C5CC=CCC5C4=O)nc3N2)cc1. The van der Waals surface area contributed by atoms with Crippen LogP contribution in [0.4, 0.5) is 11.9 Å². The Labute approximate surface area is 208 Å². The lowest BCUT2D eigenvalue weighted by molar-refractivity contribution is -0.122. The van der Waals surface area contributed by atoms with Gasteiger partial charge >= 0.3 is 0 Å². The molecule has 3 aliphatic rings. The number of fused-ring (bicyclic) bond motifs is 2. The van der Waals surface area contributed by atoms with Crippen molar-refractivity contribution in [3.63, 3.8) is 0 Å². The van der Waals surface area contributed by atoms with Gasteiger partial charge in [0.1, 0.15) is 11.5 Å². The number of carbonyl (C=O) groups excluding carboxylic acids is 2. The Balaban J connectivity index is 1.38. The number of allylic oxidation sites excluding steroid dienone is 2. The summed E-state index contributed by atoms with van der Waals surface area (Å²) in [6.45, 7) is 0. The Morgan fingerprint density at radius 3 is 1.94 bits per heavy atom. The number of carbonyl (C=O) groups is 2. The summed E-state index contributed by atoms with van der Waals surface area (Å²) in [7, 11) is 3.28. The predicted molar refractivity (Wildman–Crippen MR) is 133 cm³/mol. The highest BCUT2D eigenvalue weighted by Crippen LogP contribution is 2.41. The van der Waals surface area contributed by atoms with Crippen LogP contribution in [0.5, 0.6) is 11.5 Å². The molecule has 2 amide bonds. The molecular formula is C27H27N5O4. The van der Waals surface area contributed by atoms with Crippen LogP contribution in [0.3, 0.4) is 0 Å². The first-order chi connectivity index (χ1) is 17.6. The van der Waals surface area contributed by atoms with Gasteiger partial charge in [-0.25, -0.2) is 9.58 Å². The summed E-state index contributed by atoms with van der Waals surface area (Å²) < 4.78 is 12.4. The molecule has 36 heavy (non-hydrogen) atoms. The van der Waals surface area contributed by atoms with E-state index < -0.39 is 0 Å². The largest absolute Gasteiger partial charge is 0.497 e. The molecule has 1 N–H and O–H groups in total. The van der Waals surface area contributed by atoms with Crippen LogP contribution >= 0.6 is 0 Å². The van der Waals surface area contributed by atoms with Crippen LogP contribution in [-0.2, 0) is 9.59 Å². The molecule has 2 aromatic carbocycles. The van der Waals surface area contributed by atoms with E-state index >= 15 is 0 Å². The van der Waals surface area contributed by atoms with Crippen LogP contribution < -0.4 is 19.7 Å². The zero-order valence-corrected chi connectivity index (χ0v) is 20.1. The molecule has 0 saturated carbocycles. The normalized spacial score (nSPS) is 24.8. The minimum absolute atomic E-state index is 0.0516. The number of ether oxygens (including phenoxy) is 2. The predicted octanol–water partition coefficient (Wildman–Crippen LogP) is 3.90. The van der Waals surface area contributed by atoms with Crippen LogP contribution in [0.1, 0.15) is 42.5 Å². The molecule has 9 heteroatoms. The summed E-state index contributed by atoms with van der Waals surface area (Å²) in [4.78, 5) is 32.2. The summed E-state index contributed by atoms with van der Waals surface area (Å²) in [6.07, 6.45) is 5.80. The molecule has 0 radical (unpaired) electrons. The van der Waals surface area contributed by atoms with E-state index in [-0.39, 0.29) is 41.7 Å². The third-order valence-corrected chi connectivity index (χ3v) is 7.40. The Hall–Kier alpha value is -4.14. The maximum atomic E-state index is 13.2. The van der Waals surface area contributed by atoms with E-state index in [1.807, 2.05) is 60.7 Å². The first kappa shape index (κ1) is 22.3. The van der Waals surface area contributed by atoms with Gasteiger partial charge in [0.15, 0.2) is 0 Å². The van der Waals surface area contributed by atoms with Gasteiger partial charge in [-0.1, -0.05) is 36.4 Å². The third kappa shape index (κ3) is 3.62. The van der Waals surface area contributed by atoms with Crippen molar-refractivity contribution in [1.82, 2.24) is 14.8 Å². The topological polar surface area (TPSA) is 98.6 Å². The highest BCUT2D eigenvalue weighted by atomic mass is 16.5. The quantitative estimate of drug-likeness (QED) is 0.432. The maximum Gasteiger partial charge on any atom is 0.260 e. The lowest BCUT2D eigenvalue weighted by Gasteiger charge is -2.31. The molecule has 1 saturated heterocycles. The first-order valence-electron chi connectivity index (χ1n) is 12.1.